The number of amides is 1. The Morgan fingerprint density at radius 2 is 1.90 bits per heavy atom. The van der Waals surface area contributed by atoms with Crippen LogP contribution in [0, 0.1) is 0 Å². The smallest absolute Gasteiger partial charge is 0.260 e. The summed E-state index contributed by atoms with van der Waals surface area (Å²) in [6.07, 6.45) is 4.22. The summed E-state index contributed by atoms with van der Waals surface area (Å²) in [5.74, 6) is -0.160. The highest BCUT2D eigenvalue weighted by Crippen LogP contribution is 2.28. The molecule has 0 unspecified atom stereocenters. The number of hydrogen-bond acceptors (Lipinski definition) is 2. The van der Waals surface area contributed by atoms with Gasteiger partial charge in [0.05, 0.1) is 16.7 Å². The molecule has 0 radical (unpaired) electrons. The third-order valence-corrected chi connectivity index (χ3v) is 4.23. The van der Waals surface area contributed by atoms with Crippen LogP contribution < -0.4 is 0 Å². The van der Waals surface area contributed by atoms with Crippen molar-refractivity contribution >= 4 is 17.5 Å². The molecule has 4 heteroatoms. The van der Waals surface area contributed by atoms with Crippen molar-refractivity contribution in [2.24, 2.45) is 0 Å². The first-order valence-corrected chi connectivity index (χ1v) is 7.50. The molecule has 0 saturated heterocycles. The monoisotopic (exact) mass is 305 g/mol. The van der Waals surface area contributed by atoms with Crippen molar-refractivity contribution in [2.45, 2.75) is 37.8 Å². The molecule has 1 aliphatic carbocycles. The van der Waals surface area contributed by atoms with Crippen molar-refractivity contribution < 1.29 is 9.90 Å². The lowest BCUT2D eigenvalue weighted by molar-refractivity contribution is 0.0600. The Bertz CT molecular complexity index is 547. The van der Waals surface area contributed by atoms with Gasteiger partial charge in [-0.15, -0.1) is 0 Å². The van der Waals surface area contributed by atoms with Crippen molar-refractivity contribution in [1.29, 1.82) is 0 Å². The molecule has 2 rings (SSSR count). The van der Waals surface area contributed by atoms with Crippen LogP contribution in [-0.2, 0) is 0 Å². The summed E-state index contributed by atoms with van der Waals surface area (Å²) < 4.78 is 0. The first-order chi connectivity index (χ1) is 10.0. The molecule has 1 amide bonds. The Labute approximate surface area is 130 Å². The molecule has 0 spiro atoms. The largest absolute Gasteiger partial charge is 0.393 e. The zero-order chi connectivity index (χ0) is 15.4. The van der Waals surface area contributed by atoms with Crippen molar-refractivity contribution in [3.63, 3.8) is 0 Å². The molecule has 112 valence electrons. The van der Waals surface area contributed by atoms with Gasteiger partial charge in [0.1, 0.15) is 0 Å². The topological polar surface area (TPSA) is 40.5 Å². The molecule has 0 aromatic heterocycles. The van der Waals surface area contributed by atoms with Gasteiger partial charge in [-0.3, -0.25) is 4.79 Å². The van der Waals surface area contributed by atoms with Crippen LogP contribution in [0.5, 0.6) is 0 Å². The van der Waals surface area contributed by atoms with Crippen LogP contribution in [0.1, 0.15) is 36.0 Å². The molecule has 1 fully saturated rings. The van der Waals surface area contributed by atoms with Crippen LogP contribution in [-0.4, -0.2) is 28.1 Å². The first-order valence-electron chi connectivity index (χ1n) is 7.12. The van der Waals surface area contributed by atoms with Gasteiger partial charge in [-0.25, -0.2) is 0 Å². The minimum atomic E-state index is -0.268. The van der Waals surface area contributed by atoms with Gasteiger partial charge in [0, 0.05) is 11.7 Å². The molecule has 1 N–H and O–H groups in total. The molecular weight excluding hydrogens is 286 g/mol. The highest BCUT2D eigenvalue weighted by Gasteiger charge is 2.30. The average Bonchev–Trinajstić information content (AvgIpc) is 2.49. The predicted molar refractivity (Wildman–Crippen MR) is 85.2 cm³/mol. The van der Waals surface area contributed by atoms with Gasteiger partial charge in [-0.1, -0.05) is 36.9 Å². The van der Waals surface area contributed by atoms with Gasteiger partial charge in [0.25, 0.3) is 5.91 Å². The van der Waals surface area contributed by atoms with Crippen molar-refractivity contribution in [3.05, 3.63) is 59.8 Å². The van der Waals surface area contributed by atoms with Crippen LogP contribution in [0.25, 0.3) is 0 Å². The second kappa shape index (κ2) is 6.92. The van der Waals surface area contributed by atoms with E-state index in [0.717, 1.165) is 12.8 Å². The third kappa shape index (κ3) is 3.55. The van der Waals surface area contributed by atoms with Gasteiger partial charge in [-0.2, -0.15) is 0 Å². The quantitative estimate of drug-likeness (QED) is 0.860. The van der Waals surface area contributed by atoms with E-state index in [0.29, 0.717) is 29.1 Å². The lowest BCUT2D eigenvalue weighted by Gasteiger charge is -2.36. The Morgan fingerprint density at radius 3 is 2.48 bits per heavy atom. The van der Waals surface area contributed by atoms with E-state index < -0.39 is 0 Å². The zero-order valence-electron chi connectivity index (χ0n) is 12.0. The fourth-order valence-electron chi connectivity index (χ4n) is 2.71. The van der Waals surface area contributed by atoms with Crippen LogP contribution in [0.2, 0.25) is 5.02 Å². The summed E-state index contributed by atoms with van der Waals surface area (Å²) in [5, 5.41) is 10.1. The lowest BCUT2D eigenvalue weighted by atomic mass is 9.91. The summed E-state index contributed by atoms with van der Waals surface area (Å²) in [4.78, 5) is 14.5. The number of aliphatic hydroxyl groups excluding tert-OH is 1. The number of aliphatic hydroxyl groups is 1. The van der Waals surface area contributed by atoms with Crippen molar-refractivity contribution in [1.82, 2.24) is 4.90 Å². The molecule has 1 aliphatic rings. The van der Waals surface area contributed by atoms with Gasteiger partial charge in [-0.05, 0) is 43.9 Å². The standard InChI is InChI=1S/C17H20ClNO2/c1-3-12(2)19(13-8-10-14(20)11-9-13)17(21)15-6-4-5-7-16(15)18/h3-7,13-14,20H,1-2,8-11H2. The Hall–Kier alpha value is -1.58. The minimum Gasteiger partial charge on any atom is -0.393 e. The molecule has 1 saturated carbocycles. The number of hydrogen-bond donors (Lipinski definition) is 1. The van der Waals surface area contributed by atoms with E-state index >= 15 is 0 Å². The zero-order valence-corrected chi connectivity index (χ0v) is 12.7. The molecule has 1 aromatic carbocycles. The Kier molecular flexibility index (Phi) is 5.21. The number of carbonyl (C=O) groups excluding carboxylic acids is 1. The van der Waals surface area contributed by atoms with Crippen molar-refractivity contribution in [3.8, 4) is 0 Å². The third-order valence-electron chi connectivity index (χ3n) is 3.90. The molecular formula is C17H20ClNO2. The van der Waals surface area contributed by atoms with Gasteiger partial charge < -0.3 is 10.0 Å². The molecule has 1 aromatic rings. The molecule has 21 heavy (non-hydrogen) atoms. The highest BCUT2D eigenvalue weighted by molar-refractivity contribution is 6.33. The number of benzene rings is 1. The average molecular weight is 306 g/mol. The van der Waals surface area contributed by atoms with Crippen LogP contribution >= 0.6 is 11.6 Å². The Morgan fingerprint density at radius 1 is 1.29 bits per heavy atom. The molecule has 3 nitrogen and oxygen atoms in total. The number of nitrogens with zero attached hydrogens (tertiary/aromatic N) is 1. The maximum Gasteiger partial charge on any atom is 0.260 e. The van der Waals surface area contributed by atoms with Crippen LogP contribution in [0.15, 0.2) is 49.2 Å². The van der Waals surface area contributed by atoms with E-state index in [-0.39, 0.29) is 18.1 Å². The van der Waals surface area contributed by atoms with Gasteiger partial charge in [0.2, 0.25) is 0 Å². The maximum atomic E-state index is 12.8. The minimum absolute atomic E-state index is 0.0303. The summed E-state index contributed by atoms with van der Waals surface area (Å²) >= 11 is 6.13. The molecule has 0 atom stereocenters. The van der Waals surface area contributed by atoms with E-state index in [9.17, 15) is 9.90 Å². The molecule has 0 bridgehead atoms. The van der Waals surface area contributed by atoms with E-state index in [1.165, 1.54) is 0 Å². The highest BCUT2D eigenvalue weighted by atomic mass is 35.5. The SMILES string of the molecule is C=CC(=C)N(C(=O)c1ccccc1Cl)C1CCC(O)CC1. The normalized spacial score (nSPS) is 21.6. The van der Waals surface area contributed by atoms with Crippen LogP contribution in [0.4, 0.5) is 0 Å². The number of halogens is 1. The second-order valence-corrected chi connectivity index (χ2v) is 5.72. The van der Waals surface area contributed by atoms with Crippen LogP contribution in [0.3, 0.4) is 0 Å². The summed E-state index contributed by atoms with van der Waals surface area (Å²) in [6.45, 7) is 7.64. The fraction of sp³-hybridized carbons (Fsp3) is 0.353. The number of rotatable bonds is 4. The fourth-order valence-corrected chi connectivity index (χ4v) is 2.93. The van der Waals surface area contributed by atoms with Crippen molar-refractivity contribution in [2.75, 3.05) is 0 Å². The predicted octanol–water partition coefficient (Wildman–Crippen LogP) is 3.79. The number of allylic oxidation sites excluding steroid dienone is 1. The first kappa shape index (κ1) is 15.8. The molecule has 0 aliphatic heterocycles. The number of carbonyl (C=O) groups is 1. The maximum absolute atomic E-state index is 12.8. The summed E-state index contributed by atoms with van der Waals surface area (Å²) in [6, 6.07) is 7.03. The van der Waals surface area contributed by atoms with E-state index in [1.54, 1.807) is 35.2 Å². The van der Waals surface area contributed by atoms with Gasteiger partial charge >= 0.3 is 0 Å². The Balaban J connectivity index is 2.28. The van der Waals surface area contributed by atoms with E-state index in [1.807, 2.05) is 0 Å². The molecule has 0 heterocycles. The summed E-state index contributed by atoms with van der Waals surface area (Å²) in [7, 11) is 0. The lowest BCUT2D eigenvalue weighted by Crippen LogP contribution is -2.42. The van der Waals surface area contributed by atoms with Gasteiger partial charge in [0.15, 0.2) is 0 Å². The summed E-state index contributed by atoms with van der Waals surface area (Å²) in [5.41, 5.74) is 1.04. The van der Waals surface area contributed by atoms with E-state index in [4.69, 9.17) is 11.6 Å². The second-order valence-electron chi connectivity index (χ2n) is 5.31. The van der Waals surface area contributed by atoms with E-state index in [2.05, 4.69) is 13.2 Å².